The lowest BCUT2D eigenvalue weighted by Crippen LogP contribution is -2.53. The summed E-state index contributed by atoms with van der Waals surface area (Å²) < 4.78 is 38.8. The number of alkyl halides is 3. The summed E-state index contributed by atoms with van der Waals surface area (Å²) in [6, 6.07) is 5.03. The molecule has 1 aromatic carbocycles. The minimum Gasteiger partial charge on any atom is -0.326 e. The minimum absolute atomic E-state index is 0.232. The maximum Gasteiger partial charge on any atom is 0.405 e. The van der Waals surface area contributed by atoms with E-state index in [-0.39, 0.29) is 6.54 Å². The molecule has 2 nitrogen and oxygen atoms in total. The Morgan fingerprint density at radius 2 is 1.63 bits per heavy atom. The van der Waals surface area contributed by atoms with Crippen LogP contribution in [-0.4, -0.2) is 30.2 Å². The molecule has 2 atom stereocenters. The Labute approximate surface area is 112 Å². The van der Waals surface area contributed by atoms with Gasteiger partial charge in [0.25, 0.3) is 0 Å². The molecule has 1 rings (SSSR count). The molecule has 1 aromatic rings. The average Bonchev–Trinajstić information content (AvgIpc) is 2.27. The Kier molecular flexibility index (Phi) is 5.38. The predicted octanol–water partition coefficient (Wildman–Crippen LogP) is 2.96. The van der Waals surface area contributed by atoms with Gasteiger partial charge in [-0.25, -0.2) is 0 Å². The first-order valence-electron chi connectivity index (χ1n) is 6.36. The van der Waals surface area contributed by atoms with Crippen molar-refractivity contribution >= 4 is 0 Å². The molecule has 0 amide bonds. The van der Waals surface area contributed by atoms with E-state index in [2.05, 4.69) is 0 Å². The van der Waals surface area contributed by atoms with Crippen molar-refractivity contribution in [3.8, 4) is 0 Å². The largest absolute Gasteiger partial charge is 0.405 e. The number of rotatable bonds is 5. The van der Waals surface area contributed by atoms with E-state index in [1.54, 1.807) is 0 Å². The minimum atomic E-state index is -4.31. The topological polar surface area (TPSA) is 29.3 Å². The molecule has 0 aliphatic rings. The summed E-state index contributed by atoms with van der Waals surface area (Å²) in [7, 11) is 1.45. The monoisotopic (exact) mass is 274 g/mol. The van der Waals surface area contributed by atoms with Crippen molar-refractivity contribution in [2.24, 2.45) is 5.73 Å². The second-order valence-electron chi connectivity index (χ2n) is 4.93. The van der Waals surface area contributed by atoms with Gasteiger partial charge in [0.2, 0.25) is 0 Å². The van der Waals surface area contributed by atoms with Gasteiger partial charge in [0.05, 0.1) is 0 Å². The van der Waals surface area contributed by atoms with Crippen molar-refractivity contribution in [2.75, 3.05) is 7.05 Å². The highest BCUT2D eigenvalue weighted by Gasteiger charge is 2.44. The molecule has 5 heteroatoms. The summed E-state index contributed by atoms with van der Waals surface area (Å²) in [5.41, 5.74) is 7.49. The molecule has 0 heterocycles. The van der Waals surface area contributed by atoms with Gasteiger partial charge in [-0.05, 0) is 31.5 Å². The number of halogens is 3. The van der Waals surface area contributed by atoms with E-state index in [0.29, 0.717) is 0 Å². The fourth-order valence-corrected chi connectivity index (χ4v) is 2.22. The van der Waals surface area contributed by atoms with E-state index >= 15 is 0 Å². The standard InChI is InChI=1S/C14H21F3N2/c1-4-11-5-7-12(8-6-11)9-19(3)13(10(2)18)14(15,16)17/h5-8,10,13H,4,9,18H2,1-3H3. The Balaban J connectivity index is 2.78. The van der Waals surface area contributed by atoms with Gasteiger partial charge in [-0.2, -0.15) is 13.2 Å². The van der Waals surface area contributed by atoms with Crippen LogP contribution in [-0.2, 0) is 13.0 Å². The van der Waals surface area contributed by atoms with E-state index in [0.717, 1.165) is 12.0 Å². The summed E-state index contributed by atoms with van der Waals surface area (Å²) in [4.78, 5) is 1.26. The molecule has 0 aromatic heterocycles. The van der Waals surface area contributed by atoms with Gasteiger partial charge in [-0.15, -0.1) is 0 Å². The van der Waals surface area contributed by atoms with E-state index in [9.17, 15) is 13.2 Å². The Hall–Kier alpha value is -1.07. The maximum atomic E-state index is 12.9. The number of nitrogens with two attached hydrogens (primary N) is 1. The van der Waals surface area contributed by atoms with Crippen molar-refractivity contribution in [2.45, 2.75) is 45.1 Å². The molecule has 19 heavy (non-hydrogen) atoms. The zero-order chi connectivity index (χ0) is 14.6. The second kappa shape index (κ2) is 6.39. The lowest BCUT2D eigenvalue weighted by molar-refractivity contribution is -0.186. The highest BCUT2D eigenvalue weighted by molar-refractivity contribution is 5.22. The molecule has 0 saturated carbocycles. The van der Waals surface area contributed by atoms with Gasteiger partial charge in [0, 0.05) is 12.6 Å². The highest BCUT2D eigenvalue weighted by atomic mass is 19.4. The van der Waals surface area contributed by atoms with Crippen LogP contribution in [0, 0.1) is 0 Å². The molecule has 0 bridgehead atoms. The third-order valence-corrected chi connectivity index (χ3v) is 3.17. The van der Waals surface area contributed by atoms with Gasteiger partial charge >= 0.3 is 6.18 Å². The van der Waals surface area contributed by atoms with Crippen LogP contribution >= 0.6 is 0 Å². The quantitative estimate of drug-likeness (QED) is 0.894. The maximum absolute atomic E-state index is 12.9. The van der Waals surface area contributed by atoms with Crippen LogP contribution in [0.5, 0.6) is 0 Å². The van der Waals surface area contributed by atoms with Crippen LogP contribution in [0.2, 0.25) is 0 Å². The van der Waals surface area contributed by atoms with Crippen LogP contribution in [0.1, 0.15) is 25.0 Å². The number of aryl methyl sites for hydroxylation is 1. The Morgan fingerprint density at radius 3 is 2.00 bits per heavy atom. The zero-order valence-electron chi connectivity index (χ0n) is 11.5. The summed E-state index contributed by atoms with van der Waals surface area (Å²) in [6.07, 6.45) is -3.40. The molecule has 0 aliphatic carbocycles. The highest BCUT2D eigenvalue weighted by Crippen LogP contribution is 2.27. The van der Waals surface area contributed by atoms with E-state index in [1.165, 1.54) is 24.4 Å². The van der Waals surface area contributed by atoms with E-state index in [1.807, 2.05) is 31.2 Å². The molecular formula is C14H21F3N2. The van der Waals surface area contributed by atoms with Crippen LogP contribution in [0.4, 0.5) is 13.2 Å². The lowest BCUT2D eigenvalue weighted by atomic mass is 10.1. The van der Waals surface area contributed by atoms with Crippen molar-refractivity contribution in [1.82, 2.24) is 4.90 Å². The zero-order valence-corrected chi connectivity index (χ0v) is 11.5. The smallest absolute Gasteiger partial charge is 0.326 e. The first-order chi connectivity index (χ1) is 8.75. The molecular weight excluding hydrogens is 253 g/mol. The van der Waals surface area contributed by atoms with Gasteiger partial charge in [0.15, 0.2) is 0 Å². The van der Waals surface area contributed by atoms with Crippen molar-refractivity contribution in [3.05, 3.63) is 35.4 Å². The first-order valence-corrected chi connectivity index (χ1v) is 6.36. The summed E-state index contributed by atoms with van der Waals surface area (Å²) in [5.74, 6) is 0. The summed E-state index contributed by atoms with van der Waals surface area (Å²) in [5, 5.41) is 0. The SMILES string of the molecule is CCc1ccc(CN(C)C(C(C)N)C(F)(F)F)cc1. The molecule has 0 spiro atoms. The number of likely N-dealkylation sites (N-methyl/N-ethyl adjacent to an activating group) is 1. The molecule has 108 valence electrons. The predicted molar refractivity (Wildman–Crippen MR) is 70.8 cm³/mol. The summed E-state index contributed by atoms with van der Waals surface area (Å²) in [6.45, 7) is 3.65. The first kappa shape index (κ1) is 16.0. The fraction of sp³-hybridized carbons (Fsp3) is 0.571. The van der Waals surface area contributed by atoms with Gasteiger partial charge < -0.3 is 5.73 Å². The number of hydrogen-bond acceptors (Lipinski definition) is 2. The lowest BCUT2D eigenvalue weighted by Gasteiger charge is -2.32. The normalized spacial score (nSPS) is 15.6. The average molecular weight is 274 g/mol. The number of nitrogens with zero attached hydrogens (tertiary/aromatic N) is 1. The van der Waals surface area contributed by atoms with Gasteiger partial charge in [-0.1, -0.05) is 31.2 Å². The molecule has 0 aliphatic heterocycles. The van der Waals surface area contributed by atoms with E-state index in [4.69, 9.17) is 5.73 Å². The molecule has 0 radical (unpaired) electrons. The van der Waals surface area contributed by atoms with Crippen molar-refractivity contribution in [1.29, 1.82) is 0 Å². The Bertz CT molecular complexity index is 385. The van der Waals surface area contributed by atoms with Crippen LogP contribution < -0.4 is 5.73 Å². The second-order valence-corrected chi connectivity index (χ2v) is 4.93. The third kappa shape index (κ3) is 4.51. The molecule has 2 N–H and O–H groups in total. The van der Waals surface area contributed by atoms with Crippen molar-refractivity contribution in [3.63, 3.8) is 0 Å². The van der Waals surface area contributed by atoms with Gasteiger partial charge in [0.1, 0.15) is 6.04 Å². The third-order valence-electron chi connectivity index (χ3n) is 3.17. The molecule has 2 unspecified atom stereocenters. The summed E-state index contributed by atoms with van der Waals surface area (Å²) >= 11 is 0. The van der Waals surface area contributed by atoms with Crippen molar-refractivity contribution < 1.29 is 13.2 Å². The van der Waals surface area contributed by atoms with E-state index < -0.39 is 18.3 Å². The fourth-order valence-electron chi connectivity index (χ4n) is 2.22. The van der Waals surface area contributed by atoms with Crippen LogP contribution in [0.15, 0.2) is 24.3 Å². The number of benzene rings is 1. The Morgan fingerprint density at radius 1 is 1.16 bits per heavy atom. The molecule has 0 saturated heterocycles. The number of hydrogen-bond donors (Lipinski definition) is 1. The van der Waals surface area contributed by atoms with Crippen LogP contribution in [0.3, 0.4) is 0 Å². The van der Waals surface area contributed by atoms with Gasteiger partial charge in [-0.3, -0.25) is 4.90 Å². The molecule has 0 fully saturated rings. The van der Waals surface area contributed by atoms with Crippen LogP contribution in [0.25, 0.3) is 0 Å².